The van der Waals surface area contributed by atoms with E-state index in [2.05, 4.69) is 5.32 Å². The van der Waals surface area contributed by atoms with Crippen LogP contribution in [0.4, 0.5) is 0 Å². The zero-order valence-electron chi connectivity index (χ0n) is 12.9. The van der Waals surface area contributed by atoms with E-state index in [-0.39, 0.29) is 11.9 Å². The Labute approximate surface area is 142 Å². The number of nitrogens with one attached hydrogen (secondary N) is 2. The second-order valence-corrected chi connectivity index (χ2v) is 6.49. The summed E-state index contributed by atoms with van der Waals surface area (Å²) in [4.78, 5) is 24.6. The van der Waals surface area contributed by atoms with E-state index in [1.54, 1.807) is 23.7 Å². The van der Waals surface area contributed by atoms with Crippen molar-refractivity contribution in [2.75, 3.05) is 0 Å². The number of carbonyl (C=O) groups excluding carboxylic acids is 2. The summed E-state index contributed by atoms with van der Waals surface area (Å²) in [6.07, 6.45) is 0. The highest BCUT2D eigenvalue weighted by molar-refractivity contribution is 7.20. The van der Waals surface area contributed by atoms with Crippen LogP contribution in [0.25, 0.3) is 10.1 Å². The number of hydrogen-bond donors (Lipinski definition) is 3. The molecule has 0 spiro atoms. The first-order chi connectivity index (χ1) is 11.6. The molecular weight excluding hydrogens is 324 g/mol. The molecule has 6 heteroatoms. The summed E-state index contributed by atoms with van der Waals surface area (Å²) >= 11 is 1.45. The Morgan fingerprint density at radius 2 is 1.83 bits per heavy atom. The summed E-state index contributed by atoms with van der Waals surface area (Å²) < 4.78 is 1.07. The van der Waals surface area contributed by atoms with Crippen molar-refractivity contribution in [3.8, 4) is 0 Å². The molecular formula is C18H16N2O3S. The molecule has 0 bridgehead atoms. The molecule has 0 radical (unpaired) electrons. The van der Waals surface area contributed by atoms with E-state index < -0.39 is 5.91 Å². The molecule has 2 amide bonds. The van der Waals surface area contributed by atoms with Crippen LogP contribution in [0, 0.1) is 0 Å². The minimum Gasteiger partial charge on any atom is -0.345 e. The predicted molar refractivity (Wildman–Crippen MR) is 93.4 cm³/mol. The molecule has 3 rings (SSSR count). The van der Waals surface area contributed by atoms with Crippen molar-refractivity contribution in [1.82, 2.24) is 10.8 Å². The molecule has 0 saturated heterocycles. The molecule has 0 aliphatic heterocycles. The van der Waals surface area contributed by atoms with Gasteiger partial charge in [-0.05, 0) is 42.1 Å². The van der Waals surface area contributed by atoms with Gasteiger partial charge in [-0.2, -0.15) is 0 Å². The van der Waals surface area contributed by atoms with Gasteiger partial charge in [0.25, 0.3) is 11.8 Å². The normalized spacial score (nSPS) is 11.9. The summed E-state index contributed by atoms with van der Waals surface area (Å²) in [5.41, 5.74) is 2.72. The van der Waals surface area contributed by atoms with E-state index in [1.807, 2.05) is 43.3 Å². The molecule has 122 valence electrons. The molecule has 0 aliphatic rings. The lowest BCUT2D eigenvalue weighted by molar-refractivity contribution is 0.0706. The fourth-order valence-corrected chi connectivity index (χ4v) is 3.42. The second kappa shape index (κ2) is 6.82. The van der Waals surface area contributed by atoms with Crippen LogP contribution in [0.1, 0.15) is 38.6 Å². The van der Waals surface area contributed by atoms with Crippen molar-refractivity contribution >= 4 is 33.2 Å². The number of rotatable bonds is 4. The average Bonchev–Trinajstić information content (AvgIpc) is 3.05. The predicted octanol–water partition coefficient (Wildman–Crippen LogP) is 3.51. The van der Waals surface area contributed by atoms with Crippen LogP contribution < -0.4 is 10.8 Å². The number of hydroxylamine groups is 1. The highest BCUT2D eigenvalue weighted by Crippen LogP contribution is 2.26. The van der Waals surface area contributed by atoms with Gasteiger partial charge in [0, 0.05) is 10.3 Å². The van der Waals surface area contributed by atoms with Gasteiger partial charge in [0.1, 0.15) is 0 Å². The minimum absolute atomic E-state index is 0.152. The van der Waals surface area contributed by atoms with Crippen molar-refractivity contribution in [2.24, 2.45) is 0 Å². The quantitative estimate of drug-likeness (QED) is 0.502. The fourth-order valence-electron chi connectivity index (χ4n) is 2.46. The zero-order chi connectivity index (χ0) is 17.1. The number of benzene rings is 2. The molecule has 2 aromatic carbocycles. The van der Waals surface area contributed by atoms with Crippen molar-refractivity contribution in [1.29, 1.82) is 0 Å². The maximum absolute atomic E-state index is 12.5. The van der Waals surface area contributed by atoms with Crippen molar-refractivity contribution in [3.05, 3.63) is 70.6 Å². The standard InChI is InChI=1S/C18H16N2O3S/c1-11(12-6-4-7-14(9-12)17(21)20-23)19-18(22)16-10-13-5-2-3-8-15(13)24-16/h2-11,23H,1H3,(H,19,22)(H,20,21). The van der Waals surface area contributed by atoms with Crippen LogP contribution in [0.3, 0.4) is 0 Å². The maximum Gasteiger partial charge on any atom is 0.274 e. The topological polar surface area (TPSA) is 78.4 Å². The van der Waals surface area contributed by atoms with E-state index >= 15 is 0 Å². The van der Waals surface area contributed by atoms with Gasteiger partial charge in [0.05, 0.1) is 10.9 Å². The SMILES string of the molecule is CC(NC(=O)c1cc2ccccc2s1)c1cccc(C(=O)NO)c1. The third-order valence-electron chi connectivity index (χ3n) is 3.75. The molecule has 1 aromatic heterocycles. The Bertz CT molecular complexity index is 871. The van der Waals surface area contributed by atoms with Crippen LogP contribution in [0.2, 0.25) is 0 Å². The molecule has 0 saturated carbocycles. The summed E-state index contributed by atoms with van der Waals surface area (Å²) in [5, 5.41) is 12.7. The van der Waals surface area contributed by atoms with Gasteiger partial charge in [-0.25, -0.2) is 5.48 Å². The molecule has 5 nitrogen and oxygen atoms in total. The van der Waals surface area contributed by atoms with Gasteiger partial charge < -0.3 is 5.32 Å². The van der Waals surface area contributed by atoms with E-state index in [9.17, 15) is 9.59 Å². The van der Waals surface area contributed by atoms with Crippen molar-refractivity contribution < 1.29 is 14.8 Å². The average molecular weight is 340 g/mol. The first-order valence-corrected chi connectivity index (χ1v) is 8.24. The highest BCUT2D eigenvalue weighted by atomic mass is 32.1. The van der Waals surface area contributed by atoms with Crippen LogP contribution >= 0.6 is 11.3 Å². The minimum atomic E-state index is -0.583. The summed E-state index contributed by atoms with van der Waals surface area (Å²) in [6.45, 7) is 1.85. The van der Waals surface area contributed by atoms with E-state index in [0.717, 1.165) is 15.6 Å². The zero-order valence-corrected chi connectivity index (χ0v) is 13.8. The summed E-state index contributed by atoms with van der Waals surface area (Å²) in [5.74, 6) is -0.736. The molecule has 0 fully saturated rings. The first-order valence-electron chi connectivity index (χ1n) is 7.42. The summed E-state index contributed by atoms with van der Waals surface area (Å²) in [7, 11) is 0. The third kappa shape index (κ3) is 3.29. The van der Waals surface area contributed by atoms with E-state index in [0.29, 0.717) is 10.4 Å². The van der Waals surface area contributed by atoms with Crippen LogP contribution in [0.15, 0.2) is 54.6 Å². The molecule has 1 atom stereocenters. The van der Waals surface area contributed by atoms with Gasteiger partial charge in [-0.1, -0.05) is 30.3 Å². The number of fused-ring (bicyclic) bond motifs is 1. The van der Waals surface area contributed by atoms with Crippen LogP contribution in [-0.2, 0) is 0 Å². The Morgan fingerprint density at radius 1 is 1.04 bits per heavy atom. The van der Waals surface area contributed by atoms with Crippen LogP contribution in [0.5, 0.6) is 0 Å². The molecule has 1 unspecified atom stereocenters. The summed E-state index contributed by atoms with van der Waals surface area (Å²) in [6, 6.07) is 16.2. The smallest absolute Gasteiger partial charge is 0.274 e. The molecule has 24 heavy (non-hydrogen) atoms. The Morgan fingerprint density at radius 3 is 2.58 bits per heavy atom. The van der Waals surface area contributed by atoms with Gasteiger partial charge in [0.2, 0.25) is 0 Å². The lowest BCUT2D eigenvalue weighted by atomic mass is 10.0. The van der Waals surface area contributed by atoms with E-state index in [4.69, 9.17) is 5.21 Å². The maximum atomic E-state index is 12.5. The number of thiophene rings is 1. The first kappa shape index (κ1) is 16.2. The second-order valence-electron chi connectivity index (χ2n) is 5.41. The third-order valence-corrected chi connectivity index (χ3v) is 4.86. The number of hydrogen-bond acceptors (Lipinski definition) is 4. The van der Waals surface area contributed by atoms with Crippen molar-refractivity contribution in [3.63, 3.8) is 0 Å². The molecule has 3 aromatic rings. The molecule has 1 heterocycles. The van der Waals surface area contributed by atoms with Gasteiger partial charge in [-0.15, -0.1) is 11.3 Å². The van der Waals surface area contributed by atoms with Gasteiger partial charge in [-0.3, -0.25) is 14.8 Å². The van der Waals surface area contributed by atoms with Gasteiger partial charge in [0.15, 0.2) is 0 Å². The highest BCUT2D eigenvalue weighted by Gasteiger charge is 2.15. The fraction of sp³-hybridized carbons (Fsp3) is 0.111. The van der Waals surface area contributed by atoms with Gasteiger partial charge >= 0.3 is 0 Å². The number of amides is 2. The largest absolute Gasteiger partial charge is 0.345 e. The Kier molecular flexibility index (Phi) is 4.59. The molecule has 0 aliphatic carbocycles. The van der Waals surface area contributed by atoms with Crippen LogP contribution in [-0.4, -0.2) is 17.0 Å². The Hall–Kier alpha value is -2.70. The molecule has 3 N–H and O–H groups in total. The van der Waals surface area contributed by atoms with Crippen molar-refractivity contribution in [2.45, 2.75) is 13.0 Å². The number of carbonyl (C=O) groups is 2. The van der Waals surface area contributed by atoms with E-state index in [1.165, 1.54) is 11.3 Å². The lowest BCUT2D eigenvalue weighted by Crippen LogP contribution is -2.26. The lowest BCUT2D eigenvalue weighted by Gasteiger charge is -2.14. The monoisotopic (exact) mass is 340 g/mol. The Balaban J connectivity index is 1.77.